The first-order valence-corrected chi connectivity index (χ1v) is 17.5. The Morgan fingerprint density at radius 1 is 1.10 bits per heavy atom. The van der Waals surface area contributed by atoms with Gasteiger partial charge in [0.15, 0.2) is 20.4 Å². The fourth-order valence-corrected chi connectivity index (χ4v) is 7.77. The maximum atomic E-state index is 11.9. The van der Waals surface area contributed by atoms with Crippen LogP contribution in [0.15, 0.2) is 34.9 Å². The van der Waals surface area contributed by atoms with Crippen molar-refractivity contribution in [3.8, 4) is 0 Å². The SMILES string of the molecule is COC(=O)/C=C\[C@@H]1C=C(Br)[C@H]2[C@@H](C[C@H](O[C@@H]3O[C@@H](C)[C@H](O)[C@@H](O)[C@H]3O)[C@@H]2O[Si](C)(C)C(C)(C)C)[C@@H]1/C=C/C(C)=O. The van der Waals surface area contributed by atoms with Crippen LogP contribution in [-0.4, -0.2) is 85.4 Å². The second-order valence-corrected chi connectivity index (χ2v) is 18.4. The number of aliphatic hydroxyl groups excluding tert-OH is 3. The molecule has 226 valence electrons. The van der Waals surface area contributed by atoms with Crippen LogP contribution in [0.5, 0.6) is 0 Å². The molecule has 2 fully saturated rings. The smallest absolute Gasteiger partial charge is 0.330 e. The lowest BCUT2D eigenvalue weighted by molar-refractivity contribution is -0.308. The van der Waals surface area contributed by atoms with Crippen LogP contribution in [0.4, 0.5) is 0 Å². The number of rotatable bonds is 8. The summed E-state index contributed by atoms with van der Waals surface area (Å²) < 4.78 is 24.9. The molecule has 0 unspecified atom stereocenters. The number of allylic oxidation sites excluding steroid dienone is 4. The van der Waals surface area contributed by atoms with Gasteiger partial charge >= 0.3 is 5.97 Å². The molecule has 0 bridgehead atoms. The van der Waals surface area contributed by atoms with Crippen molar-refractivity contribution in [1.82, 2.24) is 0 Å². The van der Waals surface area contributed by atoms with Gasteiger partial charge in [-0.2, -0.15) is 0 Å². The molecule has 0 aromatic carbocycles. The van der Waals surface area contributed by atoms with Gasteiger partial charge in [-0.3, -0.25) is 4.79 Å². The fraction of sp³-hybridized carbons (Fsp3) is 0.724. The van der Waals surface area contributed by atoms with Crippen LogP contribution in [0.25, 0.3) is 0 Å². The van der Waals surface area contributed by atoms with Gasteiger partial charge in [0, 0.05) is 17.9 Å². The molecule has 0 radical (unpaired) electrons. The Kier molecular flexibility index (Phi) is 10.8. The first-order chi connectivity index (χ1) is 18.5. The minimum absolute atomic E-state index is 0.0456. The summed E-state index contributed by atoms with van der Waals surface area (Å²) in [5.74, 6) is -1.08. The molecule has 0 aromatic rings. The molecule has 3 rings (SSSR count). The van der Waals surface area contributed by atoms with Crippen molar-refractivity contribution in [3.63, 3.8) is 0 Å². The molecule has 11 atom stereocenters. The Labute approximate surface area is 246 Å². The van der Waals surface area contributed by atoms with Crippen LogP contribution in [0, 0.1) is 23.7 Å². The molecule has 1 heterocycles. The Balaban J connectivity index is 2.04. The number of fused-ring (bicyclic) bond motifs is 1. The van der Waals surface area contributed by atoms with E-state index in [2.05, 4.69) is 49.8 Å². The molecule has 1 saturated heterocycles. The van der Waals surface area contributed by atoms with E-state index in [-0.39, 0.29) is 34.5 Å². The lowest BCUT2D eigenvalue weighted by Gasteiger charge is -2.44. The predicted molar refractivity (Wildman–Crippen MR) is 156 cm³/mol. The number of hydrogen-bond donors (Lipinski definition) is 3. The highest BCUT2D eigenvalue weighted by Crippen LogP contribution is 2.54. The number of hydrogen-bond acceptors (Lipinski definition) is 9. The number of methoxy groups -OCH3 is 1. The van der Waals surface area contributed by atoms with E-state index < -0.39 is 57.2 Å². The number of ketones is 1. The molecule has 1 aliphatic heterocycles. The summed E-state index contributed by atoms with van der Waals surface area (Å²) in [5.41, 5.74) is 0. The zero-order chi connectivity index (χ0) is 30.2. The topological polar surface area (TPSA) is 132 Å². The monoisotopic (exact) mass is 644 g/mol. The van der Waals surface area contributed by atoms with Gasteiger partial charge in [-0.05, 0) is 60.8 Å². The summed E-state index contributed by atoms with van der Waals surface area (Å²) in [6.07, 6.45) is 2.26. The van der Waals surface area contributed by atoms with Crippen LogP contribution in [0.3, 0.4) is 0 Å². The van der Waals surface area contributed by atoms with Gasteiger partial charge in [-0.1, -0.05) is 54.9 Å². The molecule has 3 aliphatic rings. The minimum atomic E-state index is -2.32. The summed E-state index contributed by atoms with van der Waals surface area (Å²) in [6.45, 7) is 13.9. The third-order valence-electron chi connectivity index (χ3n) is 8.86. The quantitative estimate of drug-likeness (QED) is 0.206. The molecule has 11 heteroatoms. The Bertz CT molecular complexity index is 1020. The van der Waals surface area contributed by atoms with Crippen LogP contribution in [-0.2, 0) is 28.2 Å². The molecule has 0 aromatic heterocycles. The predicted octanol–water partition coefficient (Wildman–Crippen LogP) is 3.62. The van der Waals surface area contributed by atoms with Crippen molar-refractivity contribution in [1.29, 1.82) is 0 Å². The molecule has 9 nitrogen and oxygen atoms in total. The van der Waals surface area contributed by atoms with E-state index in [9.17, 15) is 24.9 Å². The summed E-state index contributed by atoms with van der Waals surface area (Å²) in [5, 5.41) is 31.2. The van der Waals surface area contributed by atoms with Gasteiger partial charge < -0.3 is 34.0 Å². The normalized spacial score (nSPS) is 38.9. The van der Waals surface area contributed by atoms with Gasteiger partial charge in [0.05, 0.1) is 25.4 Å². The highest BCUT2D eigenvalue weighted by atomic mass is 79.9. The maximum Gasteiger partial charge on any atom is 0.330 e. The lowest BCUT2D eigenvalue weighted by Crippen LogP contribution is -2.58. The van der Waals surface area contributed by atoms with Crippen molar-refractivity contribution in [2.45, 2.75) is 102 Å². The van der Waals surface area contributed by atoms with E-state index in [0.717, 1.165) is 4.48 Å². The number of carbonyl (C=O) groups is 2. The second-order valence-electron chi connectivity index (χ2n) is 12.7. The van der Waals surface area contributed by atoms with Crippen LogP contribution >= 0.6 is 15.9 Å². The Hall–Kier alpha value is -1.18. The number of carbonyl (C=O) groups excluding carboxylic acids is 2. The minimum Gasteiger partial charge on any atom is -0.466 e. The fourth-order valence-electron chi connectivity index (χ4n) is 5.53. The summed E-state index contributed by atoms with van der Waals surface area (Å²) in [7, 11) is -0.995. The van der Waals surface area contributed by atoms with Crippen LogP contribution < -0.4 is 0 Å². The van der Waals surface area contributed by atoms with Crippen molar-refractivity contribution >= 4 is 36.0 Å². The van der Waals surface area contributed by atoms with Crippen molar-refractivity contribution in [2.24, 2.45) is 23.7 Å². The highest BCUT2D eigenvalue weighted by Gasteiger charge is 2.55. The van der Waals surface area contributed by atoms with Crippen molar-refractivity contribution < 1.29 is 43.5 Å². The third-order valence-corrected chi connectivity index (χ3v) is 14.1. The first kappa shape index (κ1) is 33.3. The lowest BCUT2D eigenvalue weighted by atomic mass is 9.71. The van der Waals surface area contributed by atoms with E-state index in [1.165, 1.54) is 20.1 Å². The van der Waals surface area contributed by atoms with Crippen LogP contribution in [0.1, 0.15) is 41.0 Å². The maximum absolute atomic E-state index is 11.9. The standard InChI is InChI=1S/C29H45BrO9Si/c1-15(31)9-11-18-17(10-12-22(32)36-6)13-20(30)23-19(18)14-21(27(23)39-40(7,8)29(3,4)5)38-28-26(35)25(34)24(33)16(2)37-28/h9-13,16-19,21,23-28,33-35H,14H2,1-8H3/b11-9+,12-10-/t16-,17+,18+,19-,21-,23+,24-,25+,26+,27-,28-/m0/s1. The molecular weight excluding hydrogens is 600 g/mol. The van der Waals surface area contributed by atoms with Crippen molar-refractivity contribution in [2.75, 3.05) is 7.11 Å². The molecule has 0 spiro atoms. The number of ether oxygens (including phenoxy) is 3. The molecule has 2 aliphatic carbocycles. The Morgan fingerprint density at radius 3 is 2.33 bits per heavy atom. The Morgan fingerprint density at radius 2 is 1.75 bits per heavy atom. The van der Waals surface area contributed by atoms with Crippen LogP contribution in [0.2, 0.25) is 18.1 Å². The second kappa shape index (κ2) is 13.0. The van der Waals surface area contributed by atoms with E-state index in [0.29, 0.717) is 6.42 Å². The zero-order valence-electron chi connectivity index (χ0n) is 24.6. The van der Waals surface area contributed by atoms with Gasteiger partial charge in [0.2, 0.25) is 0 Å². The summed E-state index contributed by atoms with van der Waals surface area (Å²) in [6, 6.07) is 0. The zero-order valence-corrected chi connectivity index (χ0v) is 27.2. The average molecular weight is 646 g/mol. The van der Waals surface area contributed by atoms with E-state index in [1.807, 2.05) is 12.2 Å². The summed E-state index contributed by atoms with van der Waals surface area (Å²) in [4.78, 5) is 23.8. The van der Waals surface area contributed by atoms with Gasteiger partial charge in [0.1, 0.15) is 18.3 Å². The molecule has 40 heavy (non-hydrogen) atoms. The number of aliphatic hydroxyl groups is 3. The van der Waals surface area contributed by atoms with E-state index >= 15 is 0 Å². The van der Waals surface area contributed by atoms with Gasteiger partial charge in [-0.25, -0.2) is 4.79 Å². The molecule has 1 saturated carbocycles. The van der Waals surface area contributed by atoms with Crippen molar-refractivity contribution in [3.05, 3.63) is 34.9 Å². The summed E-state index contributed by atoms with van der Waals surface area (Å²) >= 11 is 3.80. The molecule has 0 amide bonds. The number of halogens is 1. The van der Waals surface area contributed by atoms with E-state index in [1.54, 1.807) is 19.1 Å². The highest BCUT2D eigenvalue weighted by molar-refractivity contribution is 9.11. The largest absolute Gasteiger partial charge is 0.466 e. The third kappa shape index (κ3) is 7.23. The average Bonchev–Trinajstić information content (AvgIpc) is 3.20. The molecular formula is C29H45BrO9Si. The van der Waals surface area contributed by atoms with Gasteiger partial charge in [0.25, 0.3) is 0 Å². The number of esters is 1. The first-order valence-electron chi connectivity index (χ1n) is 13.8. The van der Waals surface area contributed by atoms with Gasteiger partial charge in [-0.15, -0.1) is 0 Å². The van der Waals surface area contributed by atoms with E-state index in [4.69, 9.17) is 18.6 Å². The molecule has 3 N–H and O–H groups in total.